The van der Waals surface area contributed by atoms with E-state index in [1.807, 2.05) is 24.3 Å². The van der Waals surface area contributed by atoms with E-state index in [4.69, 9.17) is 5.73 Å². The zero-order valence-corrected chi connectivity index (χ0v) is 18.4. The molecule has 1 aromatic carbocycles. The number of hydrogen-bond acceptors (Lipinski definition) is 6. The molecule has 0 aliphatic carbocycles. The second-order valence-corrected chi connectivity index (χ2v) is 8.56. The highest BCUT2D eigenvalue weighted by molar-refractivity contribution is 5.99. The number of nitrogens with zero attached hydrogens (tertiary/aromatic N) is 4. The SMILES string of the molecule is CN1CCN(c2ccc(C(=O)C3CCN(C(=O)c4ccc(C(N)=O)nc4)CC3)cc2)CC1. The standard InChI is InChI=1S/C24H29N5O3/c1-27-12-14-28(15-13-27)20-5-2-17(3-6-20)22(30)18-8-10-29(11-9-18)24(32)19-4-7-21(23(25)31)26-16-19/h2-7,16,18H,8-15H2,1H3,(H2,25,31). The summed E-state index contributed by atoms with van der Waals surface area (Å²) in [5, 5.41) is 0. The van der Waals surface area contributed by atoms with Gasteiger partial charge in [0.2, 0.25) is 0 Å². The smallest absolute Gasteiger partial charge is 0.267 e. The molecule has 2 N–H and O–H groups in total. The highest BCUT2D eigenvalue weighted by atomic mass is 16.2. The number of primary amides is 1. The van der Waals surface area contributed by atoms with E-state index in [0.29, 0.717) is 31.5 Å². The van der Waals surface area contributed by atoms with Gasteiger partial charge in [0.05, 0.1) is 5.56 Å². The summed E-state index contributed by atoms with van der Waals surface area (Å²) in [7, 11) is 2.13. The fraction of sp³-hybridized carbons (Fsp3) is 0.417. The molecule has 8 nitrogen and oxygen atoms in total. The van der Waals surface area contributed by atoms with Gasteiger partial charge in [-0.1, -0.05) is 0 Å². The third-order valence-corrected chi connectivity index (χ3v) is 6.44. The Bertz CT molecular complexity index is 974. The van der Waals surface area contributed by atoms with Gasteiger partial charge in [-0.25, -0.2) is 0 Å². The number of carbonyl (C=O) groups excluding carboxylic acids is 3. The van der Waals surface area contributed by atoms with Crippen molar-refractivity contribution in [2.45, 2.75) is 12.8 Å². The Morgan fingerprint density at radius 1 is 0.875 bits per heavy atom. The number of anilines is 1. The summed E-state index contributed by atoms with van der Waals surface area (Å²) < 4.78 is 0. The number of likely N-dealkylation sites (tertiary alicyclic amines) is 1. The molecule has 0 spiro atoms. The fourth-order valence-corrected chi connectivity index (χ4v) is 4.33. The van der Waals surface area contributed by atoms with Crippen LogP contribution >= 0.6 is 0 Å². The van der Waals surface area contributed by atoms with E-state index in [0.717, 1.165) is 37.4 Å². The van der Waals surface area contributed by atoms with Gasteiger partial charge in [-0.05, 0) is 56.3 Å². The Morgan fingerprint density at radius 2 is 1.50 bits per heavy atom. The van der Waals surface area contributed by atoms with Crippen molar-refractivity contribution in [3.8, 4) is 0 Å². The summed E-state index contributed by atoms with van der Waals surface area (Å²) in [6, 6.07) is 11.0. The van der Waals surface area contributed by atoms with E-state index >= 15 is 0 Å². The minimum Gasteiger partial charge on any atom is -0.369 e. The molecule has 2 fully saturated rings. The van der Waals surface area contributed by atoms with Gasteiger partial charge in [0.15, 0.2) is 5.78 Å². The number of Topliss-reactive ketones (excluding diaryl/α,β-unsaturated/α-hetero) is 1. The van der Waals surface area contributed by atoms with Crippen LogP contribution in [0.1, 0.15) is 44.0 Å². The minimum atomic E-state index is -0.625. The van der Waals surface area contributed by atoms with Crippen LogP contribution < -0.4 is 10.6 Å². The Hall–Kier alpha value is -3.26. The summed E-state index contributed by atoms with van der Waals surface area (Å²) in [6.07, 6.45) is 2.65. The van der Waals surface area contributed by atoms with Crippen LogP contribution in [0.25, 0.3) is 0 Å². The van der Waals surface area contributed by atoms with Crippen LogP contribution in [-0.2, 0) is 0 Å². The van der Waals surface area contributed by atoms with Gasteiger partial charge in [0, 0.05) is 62.6 Å². The van der Waals surface area contributed by atoms with Crippen molar-refractivity contribution < 1.29 is 14.4 Å². The molecule has 2 aliphatic heterocycles. The molecule has 0 saturated carbocycles. The van der Waals surface area contributed by atoms with Gasteiger partial charge in [-0.15, -0.1) is 0 Å². The molecule has 1 aromatic heterocycles. The molecule has 0 atom stereocenters. The number of pyridine rings is 1. The predicted molar refractivity (Wildman–Crippen MR) is 122 cm³/mol. The van der Waals surface area contributed by atoms with Crippen molar-refractivity contribution in [1.82, 2.24) is 14.8 Å². The van der Waals surface area contributed by atoms with Crippen LogP contribution in [-0.4, -0.2) is 78.7 Å². The topological polar surface area (TPSA) is 99.8 Å². The second-order valence-electron chi connectivity index (χ2n) is 8.56. The van der Waals surface area contributed by atoms with Crippen molar-refractivity contribution in [1.29, 1.82) is 0 Å². The molecule has 3 heterocycles. The first-order chi connectivity index (χ1) is 15.4. The zero-order valence-electron chi connectivity index (χ0n) is 18.4. The van der Waals surface area contributed by atoms with Gasteiger partial charge in [0.25, 0.3) is 11.8 Å². The van der Waals surface area contributed by atoms with Crippen molar-refractivity contribution in [3.05, 3.63) is 59.4 Å². The first-order valence-electron chi connectivity index (χ1n) is 11.1. The summed E-state index contributed by atoms with van der Waals surface area (Å²) in [6.45, 7) is 5.12. The van der Waals surface area contributed by atoms with E-state index in [1.54, 1.807) is 11.0 Å². The molecule has 2 saturated heterocycles. The number of nitrogens with two attached hydrogens (primary N) is 1. The summed E-state index contributed by atoms with van der Waals surface area (Å²) in [5.74, 6) is -0.700. The monoisotopic (exact) mass is 435 g/mol. The highest BCUT2D eigenvalue weighted by Gasteiger charge is 2.28. The number of aromatic nitrogens is 1. The van der Waals surface area contributed by atoms with Crippen LogP contribution in [0.15, 0.2) is 42.6 Å². The van der Waals surface area contributed by atoms with Gasteiger partial charge in [-0.2, -0.15) is 0 Å². The number of piperazine rings is 1. The number of ketones is 1. The molecule has 32 heavy (non-hydrogen) atoms. The Labute approximate surface area is 188 Å². The minimum absolute atomic E-state index is 0.0797. The molecule has 0 bridgehead atoms. The summed E-state index contributed by atoms with van der Waals surface area (Å²) in [5.41, 5.74) is 7.63. The van der Waals surface area contributed by atoms with Gasteiger partial charge >= 0.3 is 0 Å². The maximum atomic E-state index is 13.0. The largest absolute Gasteiger partial charge is 0.369 e. The van der Waals surface area contributed by atoms with Crippen molar-refractivity contribution >= 4 is 23.3 Å². The first kappa shape index (κ1) is 22.0. The number of hydrogen-bond donors (Lipinski definition) is 1. The van der Waals surface area contributed by atoms with Gasteiger partial charge in [-0.3, -0.25) is 19.4 Å². The Kier molecular flexibility index (Phi) is 6.50. The maximum Gasteiger partial charge on any atom is 0.267 e. The summed E-state index contributed by atoms with van der Waals surface area (Å²) >= 11 is 0. The number of piperidine rings is 1. The molecule has 2 amide bonds. The molecular weight excluding hydrogens is 406 g/mol. The van der Waals surface area contributed by atoms with E-state index in [-0.39, 0.29) is 23.3 Å². The van der Waals surface area contributed by atoms with Gasteiger partial charge < -0.3 is 20.4 Å². The van der Waals surface area contributed by atoms with Crippen LogP contribution in [0.3, 0.4) is 0 Å². The zero-order chi connectivity index (χ0) is 22.7. The second kappa shape index (κ2) is 9.48. The molecule has 0 radical (unpaired) electrons. The fourth-order valence-electron chi connectivity index (χ4n) is 4.33. The lowest BCUT2D eigenvalue weighted by atomic mass is 9.88. The average molecular weight is 436 g/mol. The van der Waals surface area contributed by atoms with E-state index in [2.05, 4.69) is 21.8 Å². The molecule has 168 valence electrons. The third kappa shape index (κ3) is 4.80. The van der Waals surface area contributed by atoms with Crippen molar-refractivity contribution in [2.75, 3.05) is 51.2 Å². The predicted octanol–water partition coefficient (Wildman–Crippen LogP) is 1.67. The van der Waals surface area contributed by atoms with E-state index in [1.165, 1.54) is 12.3 Å². The number of rotatable bonds is 5. The molecule has 2 aliphatic rings. The average Bonchev–Trinajstić information content (AvgIpc) is 2.84. The Morgan fingerprint density at radius 3 is 2.06 bits per heavy atom. The van der Waals surface area contributed by atoms with Crippen molar-refractivity contribution in [3.63, 3.8) is 0 Å². The number of benzene rings is 1. The number of likely N-dealkylation sites (N-methyl/N-ethyl adjacent to an activating group) is 1. The highest BCUT2D eigenvalue weighted by Crippen LogP contribution is 2.25. The van der Waals surface area contributed by atoms with Crippen LogP contribution in [0.4, 0.5) is 5.69 Å². The summed E-state index contributed by atoms with van der Waals surface area (Å²) in [4.78, 5) is 47.2. The molecule has 8 heteroatoms. The molecule has 2 aromatic rings. The maximum absolute atomic E-state index is 13.0. The van der Waals surface area contributed by atoms with Gasteiger partial charge in [0.1, 0.15) is 5.69 Å². The van der Waals surface area contributed by atoms with E-state index in [9.17, 15) is 14.4 Å². The van der Waals surface area contributed by atoms with Crippen LogP contribution in [0, 0.1) is 5.92 Å². The number of amides is 2. The molecule has 4 rings (SSSR count). The molecular formula is C24H29N5O3. The lowest BCUT2D eigenvalue weighted by Gasteiger charge is -2.34. The van der Waals surface area contributed by atoms with Crippen LogP contribution in [0.2, 0.25) is 0 Å². The van der Waals surface area contributed by atoms with E-state index < -0.39 is 5.91 Å². The lowest BCUT2D eigenvalue weighted by molar-refractivity contribution is 0.0650. The first-order valence-corrected chi connectivity index (χ1v) is 11.1. The normalized spacial score (nSPS) is 17.9. The number of carbonyl (C=O) groups is 3. The van der Waals surface area contributed by atoms with Crippen molar-refractivity contribution in [2.24, 2.45) is 11.7 Å². The lowest BCUT2D eigenvalue weighted by Crippen LogP contribution is -2.44. The third-order valence-electron chi connectivity index (χ3n) is 6.44. The van der Waals surface area contributed by atoms with Crippen LogP contribution in [0.5, 0.6) is 0 Å². The molecule has 0 unspecified atom stereocenters. The Balaban J connectivity index is 1.32. The quantitative estimate of drug-likeness (QED) is 0.717.